The predicted molar refractivity (Wildman–Crippen MR) is 177 cm³/mol. The van der Waals surface area contributed by atoms with E-state index in [1.807, 2.05) is 16.7 Å². The Morgan fingerprint density at radius 1 is 0.674 bits per heavy atom. The van der Waals surface area contributed by atoms with Gasteiger partial charge in [0, 0.05) is 5.92 Å². The number of allylic oxidation sites excluding steroid dienone is 10. The Balaban J connectivity index is 1.07. The Hall–Kier alpha value is -1.76. The molecule has 1 heterocycles. The van der Waals surface area contributed by atoms with Crippen LogP contribution in [0.2, 0.25) is 0 Å². The van der Waals surface area contributed by atoms with Crippen molar-refractivity contribution in [2.24, 2.45) is 59.2 Å². The summed E-state index contributed by atoms with van der Waals surface area (Å²) in [4.78, 5) is 0. The zero-order valence-electron chi connectivity index (χ0n) is 26.7. The fraction of sp³-hybridized carbons (Fsp3) is 0.714. The van der Waals surface area contributed by atoms with E-state index < -0.39 is 0 Å². The summed E-state index contributed by atoms with van der Waals surface area (Å²) in [5.41, 5.74) is 7.49. The largest absolute Gasteiger partial charge is 0.490 e. The van der Waals surface area contributed by atoms with E-state index >= 15 is 0 Å². The fourth-order valence-corrected chi connectivity index (χ4v) is 13.2. The summed E-state index contributed by atoms with van der Waals surface area (Å²) in [5.74, 6) is 9.90. The van der Waals surface area contributed by atoms with Gasteiger partial charge in [-0.15, -0.1) is 0 Å². The van der Waals surface area contributed by atoms with Gasteiger partial charge in [0.2, 0.25) is 0 Å². The Labute approximate surface area is 262 Å². The minimum absolute atomic E-state index is 0.483. The maximum absolute atomic E-state index is 6.69. The van der Waals surface area contributed by atoms with Crippen molar-refractivity contribution in [3.63, 3.8) is 0 Å². The molecular weight excluding hydrogens is 520 g/mol. The number of hydrogen-bond donors (Lipinski definition) is 0. The van der Waals surface area contributed by atoms with Crippen molar-refractivity contribution in [1.82, 2.24) is 0 Å². The van der Waals surface area contributed by atoms with Gasteiger partial charge in [-0.05, 0) is 187 Å². The molecule has 8 aliphatic carbocycles. The second-order valence-electron chi connectivity index (χ2n) is 16.5. The Kier molecular flexibility index (Phi) is 7.40. The molecule has 11 atom stereocenters. The van der Waals surface area contributed by atoms with Gasteiger partial charge in [0.25, 0.3) is 0 Å². The van der Waals surface area contributed by atoms with Crippen LogP contribution in [0, 0.1) is 59.2 Å². The highest BCUT2D eigenvalue weighted by Gasteiger charge is 2.55. The second-order valence-corrected chi connectivity index (χ2v) is 16.5. The third-order valence-corrected chi connectivity index (χ3v) is 14.7. The lowest BCUT2D eigenvalue weighted by Crippen LogP contribution is -2.51. The van der Waals surface area contributed by atoms with Crippen LogP contribution in [0.3, 0.4) is 0 Å². The fourth-order valence-electron chi connectivity index (χ4n) is 13.2. The average Bonchev–Trinajstić information content (AvgIpc) is 3.46. The third-order valence-electron chi connectivity index (χ3n) is 14.7. The third kappa shape index (κ3) is 4.76. The first kappa shape index (κ1) is 27.5. The lowest BCUT2D eigenvalue weighted by molar-refractivity contribution is -0.0416. The van der Waals surface area contributed by atoms with Crippen molar-refractivity contribution in [3.8, 4) is 0 Å². The van der Waals surface area contributed by atoms with E-state index in [-0.39, 0.29) is 0 Å². The van der Waals surface area contributed by atoms with Crippen molar-refractivity contribution < 1.29 is 4.74 Å². The second kappa shape index (κ2) is 11.6. The molecule has 9 aliphatic rings. The summed E-state index contributed by atoms with van der Waals surface area (Å²) in [6.07, 6.45) is 44.9. The minimum Gasteiger partial charge on any atom is -0.490 e. The molecular formula is C42H56O. The van der Waals surface area contributed by atoms with Crippen molar-refractivity contribution in [1.29, 1.82) is 0 Å². The van der Waals surface area contributed by atoms with E-state index in [0.29, 0.717) is 6.10 Å². The molecule has 0 bridgehead atoms. The molecule has 1 nitrogen and oxygen atoms in total. The molecule has 0 aromatic heterocycles. The highest BCUT2D eigenvalue weighted by molar-refractivity contribution is 5.34. The number of rotatable bonds is 3. The van der Waals surface area contributed by atoms with Gasteiger partial charge >= 0.3 is 0 Å². The summed E-state index contributed by atoms with van der Waals surface area (Å²) >= 11 is 0. The molecule has 43 heavy (non-hydrogen) atoms. The van der Waals surface area contributed by atoms with Gasteiger partial charge in [0.15, 0.2) is 0 Å². The van der Waals surface area contributed by atoms with Gasteiger partial charge in [-0.2, -0.15) is 0 Å². The molecule has 9 rings (SSSR count). The van der Waals surface area contributed by atoms with E-state index in [1.165, 1.54) is 128 Å². The highest BCUT2D eigenvalue weighted by Crippen LogP contribution is 2.63. The summed E-state index contributed by atoms with van der Waals surface area (Å²) in [5, 5.41) is 0. The summed E-state index contributed by atoms with van der Waals surface area (Å²) in [6.45, 7) is 0. The minimum atomic E-state index is 0.483. The van der Waals surface area contributed by atoms with Crippen LogP contribution in [0.25, 0.3) is 0 Å². The van der Waals surface area contributed by atoms with Crippen LogP contribution in [0.4, 0.5) is 0 Å². The van der Waals surface area contributed by atoms with E-state index in [9.17, 15) is 0 Å². The molecule has 0 N–H and O–H groups in total. The van der Waals surface area contributed by atoms with Crippen LogP contribution in [0.1, 0.15) is 122 Å². The topological polar surface area (TPSA) is 9.23 Å². The average molecular weight is 577 g/mol. The molecule has 0 saturated heterocycles. The Bertz CT molecular complexity index is 1270. The molecule has 11 unspecified atom stereocenters. The van der Waals surface area contributed by atoms with Gasteiger partial charge in [-0.1, -0.05) is 53.2 Å². The van der Waals surface area contributed by atoms with Crippen molar-refractivity contribution >= 4 is 0 Å². The molecule has 3 fully saturated rings. The Morgan fingerprint density at radius 2 is 1.63 bits per heavy atom. The maximum Gasteiger partial charge on any atom is 0.119 e. The van der Waals surface area contributed by atoms with Crippen molar-refractivity contribution in [2.45, 2.75) is 128 Å². The van der Waals surface area contributed by atoms with Crippen LogP contribution >= 0.6 is 0 Å². The molecule has 0 amide bonds. The molecule has 0 aromatic carbocycles. The van der Waals surface area contributed by atoms with Crippen LogP contribution in [0.5, 0.6) is 0 Å². The predicted octanol–water partition coefficient (Wildman–Crippen LogP) is 11.2. The first-order chi connectivity index (χ1) is 21.3. The first-order valence-electron chi connectivity index (χ1n) is 19.1. The van der Waals surface area contributed by atoms with Gasteiger partial charge in [0.05, 0.1) is 0 Å². The van der Waals surface area contributed by atoms with Gasteiger partial charge in [-0.3, -0.25) is 0 Å². The maximum atomic E-state index is 6.69. The zero-order valence-corrected chi connectivity index (χ0v) is 26.7. The van der Waals surface area contributed by atoms with Gasteiger partial charge < -0.3 is 4.74 Å². The van der Waals surface area contributed by atoms with E-state index in [0.717, 1.165) is 59.2 Å². The molecule has 230 valence electrons. The number of ether oxygens (including phenoxy) is 1. The summed E-state index contributed by atoms with van der Waals surface area (Å²) in [7, 11) is 0. The smallest absolute Gasteiger partial charge is 0.119 e. The van der Waals surface area contributed by atoms with Gasteiger partial charge in [-0.25, -0.2) is 0 Å². The lowest BCUT2D eigenvalue weighted by atomic mass is 9.46. The van der Waals surface area contributed by atoms with E-state index in [4.69, 9.17) is 4.74 Å². The number of hydrogen-bond acceptors (Lipinski definition) is 1. The van der Waals surface area contributed by atoms with Crippen LogP contribution < -0.4 is 0 Å². The van der Waals surface area contributed by atoms with Crippen molar-refractivity contribution in [3.05, 3.63) is 70.6 Å². The van der Waals surface area contributed by atoms with Crippen LogP contribution in [0.15, 0.2) is 70.6 Å². The first-order valence-corrected chi connectivity index (χ1v) is 19.1. The molecule has 0 aromatic rings. The van der Waals surface area contributed by atoms with Gasteiger partial charge in [0.1, 0.15) is 11.9 Å². The van der Waals surface area contributed by atoms with Crippen LogP contribution in [-0.2, 0) is 4.74 Å². The zero-order chi connectivity index (χ0) is 28.3. The van der Waals surface area contributed by atoms with E-state index in [2.05, 4.69) is 42.5 Å². The summed E-state index contributed by atoms with van der Waals surface area (Å²) in [6, 6.07) is 0. The van der Waals surface area contributed by atoms with Crippen LogP contribution in [-0.4, -0.2) is 6.10 Å². The summed E-state index contributed by atoms with van der Waals surface area (Å²) < 4.78 is 6.69. The highest BCUT2D eigenvalue weighted by atomic mass is 16.5. The molecule has 1 heteroatoms. The standard InChI is InChI=1S/C42H56O/c1-2-12-28(13-3-1)40-33-15-6-7-16-34(33)41(31-22-21-27-11-4-5-14-29(27)25-31)37-26-30(23-24-35(37)40)32-18-10-20-39-42(32)36-17-8-9-19-38(36)43-39/h2,6-7,9,12,16,19,28,30-33,35,37,39-42H,1,3-5,8,10-11,13-15,17-18,20-26H2. The Morgan fingerprint density at radius 3 is 2.56 bits per heavy atom. The molecule has 1 aliphatic heterocycles. The van der Waals surface area contributed by atoms with Crippen molar-refractivity contribution in [2.75, 3.05) is 0 Å². The quantitative estimate of drug-likeness (QED) is 0.304. The lowest BCUT2D eigenvalue weighted by Gasteiger charge is -2.58. The molecule has 0 radical (unpaired) electrons. The number of fused-ring (bicyclic) bond motifs is 4. The normalized spacial score (nSPS) is 45.4. The van der Waals surface area contributed by atoms with E-state index in [1.54, 1.807) is 5.57 Å². The SMILES string of the molecule is C1=CCC2C(=C1)C(C1CCC3=C(CCCC3)C1)C1CC(C3CCCC4OC5=C(CCC=C5)C43)CCC1C2C1C=CCCC1. The molecule has 0 spiro atoms. The monoisotopic (exact) mass is 576 g/mol. The molecule has 3 saturated carbocycles.